The van der Waals surface area contributed by atoms with Gasteiger partial charge in [0.1, 0.15) is 17.4 Å². The average Bonchev–Trinajstić information content (AvgIpc) is 2.72. The van der Waals surface area contributed by atoms with Crippen LogP contribution in [0.15, 0.2) is 54.2 Å². The minimum absolute atomic E-state index is 0.0605. The monoisotopic (exact) mass is 407 g/mol. The van der Waals surface area contributed by atoms with Crippen LogP contribution in [0.3, 0.4) is 0 Å². The Morgan fingerprint density at radius 3 is 2.53 bits per heavy atom. The number of ether oxygens (including phenoxy) is 1. The Labute approximate surface area is 176 Å². The highest BCUT2D eigenvalue weighted by Gasteiger charge is 2.17. The zero-order chi connectivity index (χ0) is 22.1. The number of nitriles is 1. The summed E-state index contributed by atoms with van der Waals surface area (Å²) in [6, 6.07) is 13.7. The minimum Gasteiger partial charge on any atom is -0.494 e. The third-order valence-corrected chi connectivity index (χ3v) is 4.40. The lowest BCUT2D eigenvalue weighted by Crippen LogP contribution is -2.29. The molecule has 1 atom stereocenters. The minimum atomic E-state index is -0.993. The maximum absolute atomic E-state index is 12.5. The second-order valence-corrected chi connectivity index (χ2v) is 6.72. The first-order chi connectivity index (χ1) is 14.3. The molecule has 0 heterocycles. The first-order valence-corrected chi connectivity index (χ1v) is 9.55. The van der Waals surface area contributed by atoms with Gasteiger partial charge in [0.25, 0.3) is 5.91 Å². The van der Waals surface area contributed by atoms with Gasteiger partial charge in [-0.3, -0.25) is 4.79 Å². The zero-order valence-corrected chi connectivity index (χ0v) is 17.2. The van der Waals surface area contributed by atoms with Crippen LogP contribution in [0.1, 0.15) is 46.9 Å². The SMILES string of the molecule is CCOc1ccc(C)cc1C(C)NC(=O)/C(C#N)=C\NCc1ccc(C(=O)O)cc1. The maximum atomic E-state index is 12.5. The number of carboxylic acid groups (broad SMARTS) is 1. The second kappa shape index (κ2) is 10.7. The highest BCUT2D eigenvalue weighted by molar-refractivity contribution is 5.97. The predicted octanol–water partition coefficient (Wildman–Crippen LogP) is 3.47. The molecule has 0 fully saturated rings. The van der Waals surface area contributed by atoms with Gasteiger partial charge in [-0.15, -0.1) is 0 Å². The molecule has 0 bridgehead atoms. The van der Waals surface area contributed by atoms with Gasteiger partial charge >= 0.3 is 5.97 Å². The molecule has 0 aromatic heterocycles. The molecule has 0 aliphatic carbocycles. The zero-order valence-electron chi connectivity index (χ0n) is 17.2. The molecule has 30 heavy (non-hydrogen) atoms. The van der Waals surface area contributed by atoms with Gasteiger partial charge in [0.15, 0.2) is 0 Å². The third-order valence-electron chi connectivity index (χ3n) is 4.40. The number of benzene rings is 2. The number of aromatic carboxylic acids is 1. The van der Waals surface area contributed by atoms with Crippen LogP contribution in [-0.4, -0.2) is 23.6 Å². The Balaban J connectivity index is 2.02. The summed E-state index contributed by atoms with van der Waals surface area (Å²) in [4.78, 5) is 23.4. The molecule has 0 saturated heterocycles. The van der Waals surface area contributed by atoms with E-state index < -0.39 is 11.9 Å². The van der Waals surface area contributed by atoms with Gasteiger partial charge in [-0.05, 0) is 44.5 Å². The molecule has 0 spiro atoms. The molecule has 2 rings (SSSR count). The summed E-state index contributed by atoms with van der Waals surface area (Å²) in [5.41, 5.74) is 2.84. The summed E-state index contributed by atoms with van der Waals surface area (Å²) >= 11 is 0. The van der Waals surface area contributed by atoms with Gasteiger partial charge in [-0.2, -0.15) is 5.26 Å². The number of hydrogen-bond acceptors (Lipinski definition) is 5. The van der Waals surface area contributed by atoms with E-state index in [1.54, 1.807) is 12.1 Å². The molecular weight excluding hydrogens is 382 g/mol. The van der Waals surface area contributed by atoms with E-state index in [1.807, 2.05) is 45.0 Å². The van der Waals surface area contributed by atoms with Crippen molar-refractivity contribution in [2.45, 2.75) is 33.4 Å². The van der Waals surface area contributed by atoms with Gasteiger partial charge in [0, 0.05) is 18.3 Å². The molecule has 156 valence electrons. The molecule has 1 amide bonds. The second-order valence-electron chi connectivity index (χ2n) is 6.72. The first kappa shape index (κ1) is 22.5. The lowest BCUT2D eigenvalue weighted by Gasteiger charge is -2.18. The quantitative estimate of drug-likeness (QED) is 0.434. The number of carbonyl (C=O) groups is 2. The Bertz CT molecular complexity index is 975. The molecule has 0 aliphatic rings. The van der Waals surface area contributed by atoms with Crippen molar-refractivity contribution >= 4 is 11.9 Å². The van der Waals surface area contributed by atoms with Gasteiger partial charge in [-0.25, -0.2) is 4.79 Å². The number of carboxylic acids is 1. The topological polar surface area (TPSA) is 111 Å². The van der Waals surface area contributed by atoms with E-state index >= 15 is 0 Å². The highest BCUT2D eigenvalue weighted by atomic mass is 16.5. The number of nitrogens with one attached hydrogen (secondary N) is 2. The smallest absolute Gasteiger partial charge is 0.335 e. The molecule has 7 nitrogen and oxygen atoms in total. The molecule has 2 aromatic rings. The van der Waals surface area contributed by atoms with Gasteiger partial charge in [0.2, 0.25) is 0 Å². The van der Waals surface area contributed by atoms with Crippen molar-refractivity contribution < 1.29 is 19.4 Å². The standard InChI is InChI=1S/C23H25N3O4/c1-4-30-21-10-5-15(2)11-20(21)16(3)26-22(27)19(12-24)14-25-13-17-6-8-18(9-7-17)23(28)29/h5-11,14,16,25H,4,13H2,1-3H3,(H,26,27)(H,28,29)/b19-14-. The number of nitrogens with zero attached hydrogens (tertiary/aromatic N) is 1. The van der Waals surface area contributed by atoms with Gasteiger partial charge in [-0.1, -0.05) is 29.8 Å². The molecule has 0 radical (unpaired) electrons. The van der Waals surface area contributed by atoms with E-state index in [0.29, 0.717) is 18.9 Å². The van der Waals surface area contributed by atoms with E-state index in [0.717, 1.165) is 16.7 Å². The van der Waals surface area contributed by atoms with Crippen molar-refractivity contribution in [3.8, 4) is 11.8 Å². The number of rotatable bonds is 9. The summed E-state index contributed by atoms with van der Waals surface area (Å²) in [5, 5.41) is 24.0. The molecule has 1 unspecified atom stereocenters. The molecule has 2 aromatic carbocycles. The summed E-state index contributed by atoms with van der Waals surface area (Å²) in [6.45, 7) is 6.55. The van der Waals surface area contributed by atoms with Crippen molar-refractivity contribution in [2.75, 3.05) is 6.61 Å². The van der Waals surface area contributed by atoms with Crippen molar-refractivity contribution in [1.82, 2.24) is 10.6 Å². The van der Waals surface area contributed by atoms with Crippen LogP contribution in [0.25, 0.3) is 0 Å². The molecule has 0 saturated carbocycles. The third kappa shape index (κ3) is 6.11. The lowest BCUT2D eigenvalue weighted by atomic mass is 10.0. The Morgan fingerprint density at radius 1 is 1.23 bits per heavy atom. The van der Waals surface area contributed by atoms with Crippen LogP contribution < -0.4 is 15.4 Å². The van der Waals surface area contributed by atoms with Gasteiger partial charge < -0.3 is 20.5 Å². The Morgan fingerprint density at radius 2 is 1.93 bits per heavy atom. The number of hydrogen-bond donors (Lipinski definition) is 3. The van der Waals surface area contributed by atoms with Gasteiger partial charge in [0.05, 0.1) is 18.2 Å². The Kier molecular flexibility index (Phi) is 8.00. The fourth-order valence-electron chi connectivity index (χ4n) is 2.83. The molecular formula is C23H25N3O4. The summed E-state index contributed by atoms with van der Waals surface area (Å²) in [5.74, 6) is -0.794. The summed E-state index contributed by atoms with van der Waals surface area (Å²) < 4.78 is 5.64. The Hall–Kier alpha value is -3.79. The molecule has 7 heteroatoms. The summed E-state index contributed by atoms with van der Waals surface area (Å²) in [6.07, 6.45) is 1.35. The number of amides is 1. The summed E-state index contributed by atoms with van der Waals surface area (Å²) in [7, 11) is 0. The highest BCUT2D eigenvalue weighted by Crippen LogP contribution is 2.26. The lowest BCUT2D eigenvalue weighted by molar-refractivity contribution is -0.117. The van der Waals surface area contributed by atoms with Crippen molar-refractivity contribution in [2.24, 2.45) is 0 Å². The first-order valence-electron chi connectivity index (χ1n) is 9.55. The maximum Gasteiger partial charge on any atom is 0.335 e. The fraction of sp³-hybridized carbons (Fsp3) is 0.261. The molecule has 0 aliphatic heterocycles. The van der Waals surface area contributed by atoms with E-state index in [-0.39, 0.29) is 17.2 Å². The fourth-order valence-corrected chi connectivity index (χ4v) is 2.83. The van der Waals surface area contributed by atoms with E-state index in [1.165, 1.54) is 18.3 Å². The van der Waals surface area contributed by atoms with Crippen LogP contribution in [0.4, 0.5) is 0 Å². The van der Waals surface area contributed by atoms with E-state index in [4.69, 9.17) is 9.84 Å². The van der Waals surface area contributed by atoms with E-state index in [2.05, 4.69) is 10.6 Å². The largest absolute Gasteiger partial charge is 0.494 e. The molecule has 3 N–H and O–H groups in total. The van der Waals surface area contributed by atoms with Crippen LogP contribution >= 0.6 is 0 Å². The number of aryl methyl sites for hydroxylation is 1. The van der Waals surface area contributed by atoms with Crippen LogP contribution in [0.2, 0.25) is 0 Å². The van der Waals surface area contributed by atoms with Crippen LogP contribution in [-0.2, 0) is 11.3 Å². The average molecular weight is 407 g/mol. The van der Waals surface area contributed by atoms with Crippen molar-refractivity contribution in [3.05, 3.63) is 76.5 Å². The number of carbonyl (C=O) groups excluding carboxylic acids is 1. The predicted molar refractivity (Wildman–Crippen MR) is 113 cm³/mol. The van der Waals surface area contributed by atoms with Crippen LogP contribution in [0.5, 0.6) is 5.75 Å². The van der Waals surface area contributed by atoms with Crippen LogP contribution in [0, 0.1) is 18.3 Å². The van der Waals surface area contributed by atoms with Crippen molar-refractivity contribution in [1.29, 1.82) is 5.26 Å². The van der Waals surface area contributed by atoms with E-state index in [9.17, 15) is 14.9 Å². The normalized spacial score (nSPS) is 11.9. The van der Waals surface area contributed by atoms with Crippen molar-refractivity contribution in [3.63, 3.8) is 0 Å².